The van der Waals surface area contributed by atoms with Crippen LogP contribution in [-0.2, 0) is 10.3 Å². The van der Waals surface area contributed by atoms with Gasteiger partial charge in [-0.25, -0.2) is 5.48 Å². The van der Waals surface area contributed by atoms with Gasteiger partial charge in [0.05, 0.1) is 6.61 Å². The van der Waals surface area contributed by atoms with Gasteiger partial charge in [-0.3, -0.25) is 4.79 Å². The van der Waals surface area contributed by atoms with Crippen LogP contribution in [0.4, 0.5) is 0 Å². The van der Waals surface area contributed by atoms with E-state index in [-0.39, 0.29) is 11.2 Å². The minimum atomic E-state index is -0.188. The Morgan fingerprint density at radius 3 is 2.33 bits per heavy atom. The van der Waals surface area contributed by atoms with Gasteiger partial charge >= 0.3 is 0 Å². The van der Waals surface area contributed by atoms with Crippen molar-refractivity contribution in [2.24, 2.45) is 0 Å². The first-order valence-electron chi connectivity index (χ1n) is 7.29. The first-order valence-corrected chi connectivity index (χ1v) is 7.29. The maximum Gasteiger partial charge on any atom is 0.163 e. The van der Waals surface area contributed by atoms with Gasteiger partial charge in [-0.15, -0.1) is 0 Å². The van der Waals surface area contributed by atoms with Crippen LogP contribution in [0.5, 0.6) is 0 Å². The normalized spacial score (nSPS) is 21.9. The van der Waals surface area contributed by atoms with Gasteiger partial charge in [-0.05, 0) is 12.0 Å². The lowest BCUT2D eigenvalue weighted by molar-refractivity contribution is -0.0219. The third-order valence-electron chi connectivity index (χ3n) is 4.18. The summed E-state index contributed by atoms with van der Waals surface area (Å²) < 4.78 is 0. The summed E-state index contributed by atoms with van der Waals surface area (Å²) in [5, 5.41) is 0. The van der Waals surface area contributed by atoms with Gasteiger partial charge in [0.15, 0.2) is 5.78 Å². The highest BCUT2D eigenvalue weighted by molar-refractivity contribution is 5.96. The van der Waals surface area contributed by atoms with Crippen molar-refractivity contribution < 1.29 is 9.63 Å². The van der Waals surface area contributed by atoms with Gasteiger partial charge in [0.1, 0.15) is 0 Å². The number of Topliss-reactive ketones (excluding diaryl/α,β-unsaturated/α-hetero) is 1. The Morgan fingerprint density at radius 1 is 1.05 bits per heavy atom. The molecule has 2 aromatic carbocycles. The summed E-state index contributed by atoms with van der Waals surface area (Å²) in [6.07, 6.45) is 1.35. The van der Waals surface area contributed by atoms with Crippen molar-refractivity contribution in [2.75, 3.05) is 13.2 Å². The maximum absolute atomic E-state index is 12.6. The van der Waals surface area contributed by atoms with Crippen LogP contribution in [0.25, 0.3) is 0 Å². The topological polar surface area (TPSA) is 38.3 Å². The monoisotopic (exact) mass is 281 g/mol. The molecule has 0 aromatic heterocycles. The summed E-state index contributed by atoms with van der Waals surface area (Å²) in [6.45, 7) is 1.28. The number of hydrogen-bond donors (Lipinski definition) is 1. The highest BCUT2D eigenvalue weighted by atomic mass is 16.6. The van der Waals surface area contributed by atoms with Crippen LogP contribution in [0.2, 0.25) is 0 Å². The molecule has 1 saturated heterocycles. The number of hydrogen-bond acceptors (Lipinski definition) is 3. The molecule has 1 unspecified atom stereocenters. The second-order valence-corrected chi connectivity index (χ2v) is 5.53. The number of nitrogens with one attached hydrogen (secondary N) is 1. The molecule has 3 rings (SSSR count). The highest BCUT2D eigenvalue weighted by Crippen LogP contribution is 2.34. The molecular weight excluding hydrogens is 262 g/mol. The van der Waals surface area contributed by atoms with Crippen molar-refractivity contribution in [3.8, 4) is 0 Å². The average Bonchev–Trinajstić information content (AvgIpc) is 2.57. The van der Waals surface area contributed by atoms with Gasteiger partial charge in [0.25, 0.3) is 0 Å². The minimum absolute atomic E-state index is 0.183. The third kappa shape index (κ3) is 3.04. The summed E-state index contributed by atoms with van der Waals surface area (Å²) in [5.41, 5.74) is 4.77. The van der Waals surface area contributed by atoms with E-state index in [1.807, 2.05) is 48.5 Å². The smallest absolute Gasteiger partial charge is 0.163 e. The van der Waals surface area contributed by atoms with Crippen LogP contribution >= 0.6 is 0 Å². The predicted molar refractivity (Wildman–Crippen MR) is 82.1 cm³/mol. The lowest BCUT2D eigenvalue weighted by atomic mass is 9.73. The number of rotatable bonds is 4. The van der Waals surface area contributed by atoms with Crippen molar-refractivity contribution in [3.05, 3.63) is 71.8 Å². The zero-order valence-corrected chi connectivity index (χ0v) is 11.9. The van der Waals surface area contributed by atoms with Crippen LogP contribution in [0, 0.1) is 0 Å². The molecule has 1 atom stereocenters. The number of benzene rings is 2. The van der Waals surface area contributed by atoms with E-state index in [1.165, 1.54) is 5.56 Å². The number of carbonyl (C=O) groups is 1. The molecule has 0 radical (unpaired) electrons. The second-order valence-electron chi connectivity index (χ2n) is 5.53. The summed E-state index contributed by atoms with van der Waals surface area (Å²) in [4.78, 5) is 17.9. The van der Waals surface area contributed by atoms with E-state index < -0.39 is 0 Å². The van der Waals surface area contributed by atoms with E-state index >= 15 is 0 Å². The highest BCUT2D eigenvalue weighted by Gasteiger charge is 2.36. The van der Waals surface area contributed by atoms with Crippen LogP contribution in [0.1, 0.15) is 28.8 Å². The summed E-state index contributed by atoms with van der Waals surface area (Å²) in [5.74, 6) is 0.183. The second kappa shape index (κ2) is 6.20. The molecule has 1 heterocycles. The molecule has 1 aliphatic heterocycles. The molecule has 3 heteroatoms. The largest absolute Gasteiger partial charge is 0.302 e. The van der Waals surface area contributed by atoms with E-state index in [1.54, 1.807) is 0 Å². The SMILES string of the molecule is O=C(CC1(c2ccccc2)CCONC1)c1ccccc1. The fourth-order valence-electron chi connectivity index (χ4n) is 2.92. The average molecular weight is 281 g/mol. The maximum atomic E-state index is 12.6. The lowest BCUT2D eigenvalue weighted by Gasteiger charge is -2.37. The van der Waals surface area contributed by atoms with Crippen molar-refractivity contribution in [2.45, 2.75) is 18.3 Å². The van der Waals surface area contributed by atoms with Crippen LogP contribution in [-0.4, -0.2) is 18.9 Å². The molecule has 0 saturated carbocycles. The Labute approximate surface area is 124 Å². The van der Waals surface area contributed by atoms with Crippen molar-refractivity contribution >= 4 is 5.78 Å². The molecule has 0 amide bonds. The standard InChI is InChI=1S/C18H19NO2/c20-17(15-7-3-1-4-8-15)13-18(11-12-21-19-14-18)16-9-5-2-6-10-16/h1-10,19H,11-14H2. The Bertz CT molecular complexity index is 589. The van der Waals surface area contributed by atoms with E-state index in [9.17, 15) is 4.79 Å². The molecule has 0 aliphatic carbocycles. The minimum Gasteiger partial charge on any atom is -0.302 e. The van der Waals surface area contributed by atoms with E-state index in [2.05, 4.69) is 17.6 Å². The molecule has 0 spiro atoms. The molecule has 1 aliphatic rings. The molecule has 3 nitrogen and oxygen atoms in total. The Hall–Kier alpha value is -1.97. The van der Waals surface area contributed by atoms with E-state index in [0.29, 0.717) is 19.6 Å². The molecule has 1 fully saturated rings. The Morgan fingerprint density at radius 2 is 1.71 bits per heavy atom. The zero-order chi connectivity index (χ0) is 14.5. The third-order valence-corrected chi connectivity index (χ3v) is 4.18. The number of ketones is 1. The molecule has 21 heavy (non-hydrogen) atoms. The summed E-state index contributed by atoms with van der Waals surface area (Å²) in [7, 11) is 0. The molecule has 2 aromatic rings. The molecule has 1 N–H and O–H groups in total. The number of hydroxylamine groups is 1. The van der Waals surface area contributed by atoms with E-state index in [4.69, 9.17) is 4.84 Å². The van der Waals surface area contributed by atoms with Gasteiger partial charge in [0.2, 0.25) is 0 Å². The van der Waals surface area contributed by atoms with Crippen LogP contribution in [0.3, 0.4) is 0 Å². The van der Waals surface area contributed by atoms with Gasteiger partial charge in [0, 0.05) is 23.9 Å². The Balaban J connectivity index is 1.88. The van der Waals surface area contributed by atoms with Crippen molar-refractivity contribution in [3.63, 3.8) is 0 Å². The first-order chi connectivity index (χ1) is 10.3. The summed E-state index contributed by atoms with van der Waals surface area (Å²) in [6, 6.07) is 19.8. The fourth-order valence-corrected chi connectivity index (χ4v) is 2.92. The van der Waals surface area contributed by atoms with Crippen molar-refractivity contribution in [1.82, 2.24) is 5.48 Å². The lowest BCUT2D eigenvalue weighted by Crippen LogP contribution is -2.45. The fraction of sp³-hybridized carbons (Fsp3) is 0.278. The first kappa shape index (κ1) is 14.0. The summed E-state index contributed by atoms with van der Waals surface area (Å²) >= 11 is 0. The van der Waals surface area contributed by atoms with E-state index in [0.717, 1.165) is 12.0 Å². The van der Waals surface area contributed by atoms with Crippen LogP contribution < -0.4 is 5.48 Å². The molecule has 0 bridgehead atoms. The molecule has 108 valence electrons. The van der Waals surface area contributed by atoms with Crippen molar-refractivity contribution in [1.29, 1.82) is 0 Å². The van der Waals surface area contributed by atoms with Gasteiger partial charge in [-0.1, -0.05) is 60.7 Å². The zero-order valence-electron chi connectivity index (χ0n) is 11.9. The van der Waals surface area contributed by atoms with Crippen LogP contribution in [0.15, 0.2) is 60.7 Å². The number of carbonyl (C=O) groups excluding carboxylic acids is 1. The van der Waals surface area contributed by atoms with Gasteiger partial charge < -0.3 is 4.84 Å². The van der Waals surface area contributed by atoms with Gasteiger partial charge in [-0.2, -0.15) is 0 Å². The Kier molecular flexibility index (Phi) is 4.13. The quantitative estimate of drug-likeness (QED) is 0.875. The predicted octanol–water partition coefficient (Wildman–Crippen LogP) is 3.12. The molecular formula is C18H19NO2.